The van der Waals surface area contributed by atoms with E-state index in [9.17, 15) is 0 Å². The molecule has 2 nitrogen and oxygen atoms in total. The number of para-hydroxylation sites is 1. The van der Waals surface area contributed by atoms with E-state index in [0.717, 1.165) is 21.2 Å². The Morgan fingerprint density at radius 1 is 0.727 bits per heavy atom. The molecule has 0 aliphatic heterocycles. The molecule has 0 fully saturated rings. The van der Waals surface area contributed by atoms with Gasteiger partial charge in [-0.25, -0.2) is 4.98 Å². The van der Waals surface area contributed by atoms with Crippen LogP contribution in [0.3, 0.4) is 0 Å². The van der Waals surface area contributed by atoms with Gasteiger partial charge in [-0.3, -0.25) is 4.40 Å². The van der Waals surface area contributed by atoms with Crippen molar-refractivity contribution in [3.8, 4) is 0 Å². The van der Waals surface area contributed by atoms with Gasteiger partial charge in [-0.1, -0.05) is 58.4 Å². The summed E-state index contributed by atoms with van der Waals surface area (Å²) in [6, 6.07) is 23.3. The first-order chi connectivity index (χ1) is 10.8. The summed E-state index contributed by atoms with van der Waals surface area (Å²) in [5.41, 5.74) is 4.36. The fourth-order valence-corrected chi connectivity index (χ4v) is 3.63. The predicted octanol–water partition coefficient (Wildman–Crippen LogP) is 5.56. The summed E-state index contributed by atoms with van der Waals surface area (Å²) in [7, 11) is 0. The van der Waals surface area contributed by atoms with Gasteiger partial charge in [0, 0.05) is 15.2 Å². The molecule has 0 aliphatic rings. The third-order valence-electron chi connectivity index (χ3n) is 4.22. The lowest BCUT2D eigenvalue weighted by Crippen LogP contribution is -1.90. The zero-order chi connectivity index (χ0) is 14.7. The Hall–Kier alpha value is -2.39. The number of benzene rings is 3. The number of nitrogens with zero attached hydrogens (tertiary/aromatic N) is 2. The fourth-order valence-electron chi connectivity index (χ4n) is 3.28. The van der Waals surface area contributed by atoms with Crippen molar-refractivity contribution in [3.63, 3.8) is 0 Å². The molecule has 0 amide bonds. The zero-order valence-electron chi connectivity index (χ0n) is 11.6. The molecule has 2 heterocycles. The van der Waals surface area contributed by atoms with Gasteiger partial charge in [-0.05, 0) is 29.7 Å². The van der Waals surface area contributed by atoms with Crippen molar-refractivity contribution in [2.75, 3.05) is 0 Å². The summed E-state index contributed by atoms with van der Waals surface area (Å²) >= 11 is 3.58. The van der Waals surface area contributed by atoms with E-state index >= 15 is 0 Å². The number of fused-ring (bicyclic) bond motifs is 8. The van der Waals surface area contributed by atoms with E-state index in [4.69, 9.17) is 4.98 Å². The summed E-state index contributed by atoms with van der Waals surface area (Å²) in [6.45, 7) is 0. The summed E-state index contributed by atoms with van der Waals surface area (Å²) in [4.78, 5) is 4.88. The Labute approximate surface area is 135 Å². The summed E-state index contributed by atoms with van der Waals surface area (Å²) in [6.07, 6.45) is 0. The van der Waals surface area contributed by atoms with Crippen molar-refractivity contribution in [3.05, 3.63) is 71.2 Å². The average Bonchev–Trinajstić information content (AvgIpc) is 2.94. The third-order valence-corrected chi connectivity index (χ3v) is 4.71. The molecule has 5 aromatic rings. The minimum absolute atomic E-state index is 1.02. The van der Waals surface area contributed by atoms with Gasteiger partial charge in [-0.2, -0.15) is 0 Å². The number of imidazole rings is 1. The lowest BCUT2D eigenvalue weighted by atomic mass is 10.1. The molecule has 0 spiro atoms. The summed E-state index contributed by atoms with van der Waals surface area (Å²) in [5.74, 6) is 0. The first-order valence-electron chi connectivity index (χ1n) is 7.20. The van der Waals surface area contributed by atoms with E-state index < -0.39 is 0 Å². The smallest absolute Gasteiger partial charge is 0.146 e. The Balaban J connectivity index is 2.22. The highest BCUT2D eigenvalue weighted by Crippen LogP contribution is 2.32. The summed E-state index contributed by atoms with van der Waals surface area (Å²) in [5, 5.41) is 3.69. The van der Waals surface area contributed by atoms with Crippen LogP contribution in [0.2, 0.25) is 0 Å². The van der Waals surface area contributed by atoms with Crippen LogP contribution in [0.5, 0.6) is 0 Å². The topological polar surface area (TPSA) is 17.3 Å². The van der Waals surface area contributed by atoms with Gasteiger partial charge in [-0.15, -0.1) is 0 Å². The van der Waals surface area contributed by atoms with Gasteiger partial charge in [0.15, 0.2) is 0 Å². The van der Waals surface area contributed by atoms with Crippen LogP contribution in [0, 0.1) is 0 Å². The molecule has 0 saturated carbocycles. The number of halogens is 1. The van der Waals surface area contributed by atoms with E-state index in [0.29, 0.717) is 0 Å². The highest BCUT2D eigenvalue weighted by molar-refractivity contribution is 9.10. The second kappa shape index (κ2) is 4.31. The van der Waals surface area contributed by atoms with Crippen LogP contribution >= 0.6 is 15.9 Å². The van der Waals surface area contributed by atoms with Crippen molar-refractivity contribution in [1.29, 1.82) is 0 Å². The number of hydrogen-bond donors (Lipinski definition) is 0. The molecule has 5 rings (SSSR count). The third kappa shape index (κ3) is 1.52. The second-order valence-corrected chi connectivity index (χ2v) is 6.38. The molecule has 0 radical (unpaired) electrons. The minimum Gasteiger partial charge on any atom is -0.292 e. The Kier molecular flexibility index (Phi) is 2.38. The van der Waals surface area contributed by atoms with Gasteiger partial charge in [0.1, 0.15) is 5.65 Å². The second-order valence-electron chi connectivity index (χ2n) is 5.47. The highest BCUT2D eigenvalue weighted by Gasteiger charge is 2.12. The zero-order valence-corrected chi connectivity index (χ0v) is 13.2. The molecule has 0 bridgehead atoms. The molecular weight excluding hydrogens is 336 g/mol. The van der Waals surface area contributed by atoms with Crippen LogP contribution in [0.1, 0.15) is 0 Å². The minimum atomic E-state index is 1.02. The lowest BCUT2D eigenvalue weighted by Gasteiger charge is -2.08. The van der Waals surface area contributed by atoms with E-state index in [1.54, 1.807) is 0 Å². The van der Waals surface area contributed by atoms with Crippen LogP contribution in [0.25, 0.3) is 38.4 Å². The quantitative estimate of drug-likeness (QED) is 0.335. The van der Waals surface area contributed by atoms with Crippen LogP contribution < -0.4 is 0 Å². The normalized spacial score (nSPS) is 11.9. The molecular formula is C19H11BrN2. The molecule has 0 aliphatic carbocycles. The van der Waals surface area contributed by atoms with Crippen molar-refractivity contribution >= 4 is 54.3 Å². The predicted molar refractivity (Wildman–Crippen MR) is 95.4 cm³/mol. The van der Waals surface area contributed by atoms with Crippen LogP contribution in [0.15, 0.2) is 71.2 Å². The SMILES string of the molecule is Brc1ccc2nc3c4ccccc4c4ccccc4n3c2c1. The van der Waals surface area contributed by atoms with Crippen LogP contribution in [0.4, 0.5) is 0 Å². The first-order valence-corrected chi connectivity index (χ1v) is 7.99. The van der Waals surface area contributed by atoms with Crippen molar-refractivity contribution in [1.82, 2.24) is 9.38 Å². The summed E-state index contributed by atoms with van der Waals surface area (Å²) < 4.78 is 3.33. The maximum Gasteiger partial charge on any atom is 0.146 e. The molecule has 0 unspecified atom stereocenters. The van der Waals surface area contributed by atoms with E-state index in [1.165, 1.54) is 21.7 Å². The first kappa shape index (κ1) is 12.2. The molecule has 3 aromatic carbocycles. The molecule has 0 N–H and O–H groups in total. The van der Waals surface area contributed by atoms with Crippen molar-refractivity contribution in [2.24, 2.45) is 0 Å². The van der Waals surface area contributed by atoms with E-state index in [-0.39, 0.29) is 0 Å². The molecule has 2 aromatic heterocycles. The van der Waals surface area contributed by atoms with Gasteiger partial charge < -0.3 is 0 Å². The molecule has 22 heavy (non-hydrogen) atoms. The Bertz CT molecular complexity index is 1190. The maximum absolute atomic E-state index is 4.88. The van der Waals surface area contributed by atoms with Gasteiger partial charge in [0.2, 0.25) is 0 Å². The van der Waals surface area contributed by atoms with Gasteiger partial charge in [0.05, 0.1) is 16.6 Å². The lowest BCUT2D eigenvalue weighted by molar-refractivity contribution is 1.31. The average molecular weight is 347 g/mol. The highest BCUT2D eigenvalue weighted by atomic mass is 79.9. The number of hydrogen-bond acceptors (Lipinski definition) is 1. The molecule has 104 valence electrons. The Morgan fingerprint density at radius 2 is 1.45 bits per heavy atom. The number of rotatable bonds is 0. The maximum atomic E-state index is 4.88. The van der Waals surface area contributed by atoms with Gasteiger partial charge >= 0.3 is 0 Å². The molecule has 0 atom stereocenters. The van der Waals surface area contributed by atoms with Crippen molar-refractivity contribution in [2.45, 2.75) is 0 Å². The monoisotopic (exact) mass is 346 g/mol. The fraction of sp³-hybridized carbons (Fsp3) is 0. The molecule has 3 heteroatoms. The van der Waals surface area contributed by atoms with Crippen LogP contribution in [-0.4, -0.2) is 9.38 Å². The Morgan fingerprint density at radius 3 is 2.32 bits per heavy atom. The standard InChI is InChI=1S/C19H11BrN2/c20-12-9-10-16-18(11-12)22-17-8-4-3-6-14(17)13-5-1-2-7-15(13)19(22)21-16/h1-11H. The molecule has 0 saturated heterocycles. The van der Waals surface area contributed by atoms with E-state index in [2.05, 4.69) is 81.0 Å². The van der Waals surface area contributed by atoms with E-state index in [1.807, 2.05) is 6.07 Å². The number of aromatic nitrogens is 2. The van der Waals surface area contributed by atoms with Gasteiger partial charge in [0.25, 0.3) is 0 Å². The van der Waals surface area contributed by atoms with Crippen LogP contribution in [-0.2, 0) is 0 Å². The largest absolute Gasteiger partial charge is 0.292 e. The van der Waals surface area contributed by atoms with Crippen molar-refractivity contribution < 1.29 is 0 Å². The number of pyridine rings is 1.